The average Bonchev–Trinajstić information content (AvgIpc) is 3.24. The maximum absolute atomic E-state index is 9.48. The predicted octanol–water partition coefficient (Wildman–Crippen LogP) is 0.703. The lowest BCUT2D eigenvalue weighted by atomic mass is 10.0. The van der Waals surface area contributed by atoms with E-state index >= 15 is 0 Å². The number of aromatic amines is 1. The van der Waals surface area contributed by atoms with Crippen LogP contribution in [0.25, 0.3) is 11.3 Å². The van der Waals surface area contributed by atoms with Crippen LogP contribution in [0.3, 0.4) is 0 Å². The summed E-state index contributed by atoms with van der Waals surface area (Å²) in [5.41, 5.74) is 3.61. The highest BCUT2D eigenvalue weighted by Gasteiger charge is 2.32. The van der Waals surface area contributed by atoms with Gasteiger partial charge in [0.15, 0.2) is 12.0 Å². The van der Waals surface area contributed by atoms with E-state index in [0.717, 1.165) is 9.46 Å². The Morgan fingerprint density at radius 3 is 2.14 bits per heavy atom. The lowest BCUT2D eigenvalue weighted by Crippen LogP contribution is -2.28. The third-order valence-electron chi connectivity index (χ3n) is 4.20. The van der Waals surface area contributed by atoms with Gasteiger partial charge in [-0.15, -0.1) is 0 Å². The number of hydrogen-bond donors (Lipinski definition) is 4. The monoisotopic (exact) mass is 372 g/mol. The minimum absolute atomic E-state index is 0.200. The topological polar surface area (TPSA) is 148 Å². The molecule has 0 aliphatic carbocycles. The Balaban J connectivity index is 1.98. The summed E-state index contributed by atoms with van der Waals surface area (Å²) < 4.78 is 1.80. The lowest BCUT2D eigenvalue weighted by Gasteiger charge is -2.02. The molecule has 10 nitrogen and oxygen atoms in total. The Kier molecular flexibility index (Phi) is 3.92. The summed E-state index contributed by atoms with van der Waals surface area (Å²) in [6.45, 7) is 0. The summed E-state index contributed by atoms with van der Waals surface area (Å²) in [5.74, 6) is 0.599. The Bertz CT molecular complexity index is 1210. The molecule has 0 fully saturated rings. The molecule has 0 amide bonds. The van der Waals surface area contributed by atoms with Crippen molar-refractivity contribution in [2.24, 2.45) is 9.98 Å². The van der Waals surface area contributed by atoms with Crippen LogP contribution in [0.1, 0.15) is 16.7 Å². The zero-order valence-corrected chi connectivity index (χ0v) is 14.2. The number of rotatable bonds is 3. The van der Waals surface area contributed by atoms with Gasteiger partial charge in [0.1, 0.15) is 5.82 Å². The van der Waals surface area contributed by atoms with Crippen molar-refractivity contribution in [2.75, 3.05) is 5.32 Å². The van der Waals surface area contributed by atoms with Gasteiger partial charge in [0.05, 0.1) is 22.5 Å². The molecule has 4 rings (SSSR count). The predicted molar refractivity (Wildman–Crippen MR) is 94.5 cm³/mol. The Morgan fingerprint density at radius 2 is 1.57 bits per heavy atom. The summed E-state index contributed by atoms with van der Waals surface area (Å²) in [4.78, 5) is 11.5. The van der Waals surface area contributed by atoms with Gasteiger partial charge in [-0.05, 0) is 0 Å². The number of aromatic nitrogens is 3. The Morgan fingerprint density at radius 1 is 0.964 bits per heavy atom. The van der Waals surface area contributed by atoms with E-state index in [1.807, 2.05) is 6.19 Å². The molecule has 4 N–H and O–H groups in total. The van der Waals surface area contributed by atoms with Crippen LogP contribution in [-0.4, -0.2) is 26.9 Å². The summed E-state index contributed by atoms with van der Waals surface area (Å²) in [7, 11) is 0. The summed E-state index contributed by atoms with van der Waals surface area (Å²) >= 11 is 0. The van der Waals surface area contributed by atoms with Gasteiger partial charge >= 0.3 is 0 Å². The van der Waals surface area contributed by atoms with E-state index < -0.39 is 0 Å². The van der Waals surface area contributed by atoms with E-state index in [0.29, 0.717) is 39.5 Å². The fraction of sp³-hybridized carbons (Fsp3) is 0. The first kappa shape index (κ1) is 16.8. The van der Waals surface area contributed by atoms with Crippen molar-refractivity contribution in [3.63, 3.8) is 0 Å². The van der Waals surface area contributed by atoms with Gasteiger partial charge in [-0.3, -0.25) is 15.7 Å². The molecule has 3 aromatic rings. The molecular formula is C18H12N8O2+2. The van der Waals surface area contributed by atoms with Gasteiger partial charge in [0, 0.05) is 44.9 Å². The molecule has 10 heteroatoms. The maximum Gasteiger partial charge on any atom is 0.222 e. The summed E-state index contributed by atoms with van der Waals surface area (Å²) in [6.07, 6.45) is 9.43. The van der Waals surface area contributed by atoms with E-state index in [1.54, 1.807) is 30.5 Å². The van der Waals surface area contributed by atoms with Crippen LogP contribution < -0.4 is 14.8 Å². The second kappa shape index (κ2) is 6.55. The van der Waals surface area contributed by atoms with Crippen molar-refractivity contribution in [1.29, 1.82) is 10.5 Å². The number of pyridine rings is 2. The van der Waals surface area contributed by atoms with Gasteiger partial charge in [-0.2, -0.15) is 15.5 Å². The average molecular weight is 372 g/mol. The Hall–Kier alpha value is -4.70. The van der Waals surface area contributed by atoms with Crippen molar-refractivity contribution >= 4 is 17.4 Å². The number of fused-ring (bicyclic) bond motifs is 1. The number of nitrogens with zero attached hydrogens (tertiary/aromatic N) is 6. The van der Waals surface area contributed by atoms with Crippen molar-refractivity contribution in [2.45, 2.75) is 0 Å². The van der Waals surface area contributed by atoms with E-state index in [-0.39, 0.29) is 5.84 Å². The van der Waals surface area contributed by atoms with Gasteiger partial charge < -0.3 is 4.98 Å². The molecule has 134 valence electrons. The molecule has 0 atom stereocenters. The van der Waals surface area contributed by atoms with Crippen LogP contribution in [0, 0.1) is 22.9 Å². The molecule has 0 saturated heterocycles. The molecule has 0 spiro atoms. The Labute approximate surface area is 158 Å². The van der Waals surface area contributed by atoms with Crippen LogP contribution in [0.5, 0.6) is 0 Å². The van der Waals surface area contributed by atoms with E-state index in [2.05, 4.69) is 20.3 Å². The smallest absolute Gasteiger partial charge is 0.222 e. The third kappa shape index (κ3) is 2.67. The zero-order valence-electron chi connectivity index (χ0n) is 14.2. The molecule has 4 heterocycles. The van der Waals surface area contributed by atoms with E-state index in [4.69, 9.17) is 10.5 Å². The minimum Gasteiger partial charge on any atom is -0.340 e. The normalized spacial score (nSPS) is 13.5. The van der Waals surface area contributed by atoms with E-state index in [1.165, 1.54) is 24.8 Å². The highest BCUT2D eigenvalue weighted by atomic mass is 16.5. The first-order valence-corrected chi connectivity index (χ1v) is 8.01. The minimum atomic E-state index is 0.200. The fourth-order valence-electron chi connectivity index (χ4n) is 3.04. The van der Waals surface area contributed by atoms with Gasteiger partial charge in [-0.25, -0.2) is 4.99 Å². The number of H-pyrrole nitrogens is 1. The van der Waals surface area contributed by atoms with Crippen molar-refractivity contribution in [3.05, 3.63) is 65.7 Å². The highest BCUT2D eigenvalue weighted by Crippen LogP contribution is 2.37. The van der Waals surface area contributed by atoms with Crippen LogP contribution in [0.4, 0.5) is 5.82 Å². The fourth-order valence-corrected chi connectivity index (χ4v) is 3.04. The SMILES string of the molecule is N#CN=C1N=C(c2cc[n+](O)cc2)c2c(NC#N)[nH]c(-c3cc[n+](O)cc3)c21. The molecule has 0 radical (unpaired) electrons. The standard InChI is InChI=1S/C18H11N8O2/c19-9-21-17-13-14(16(24-17)12-3-7-26(28)8-4-12)18(22-10-20)23-15(13)11-1-5-25(27)6-2-11/h1-8,27H,(H2,21,22,23,24,28)/q+1/p+1. The summed E-state index contributed by atoms with van der Waals surface area (Å²) in [6, 6.07) is 6.64. The van der Waals surface area contributed by atoms with Gasteiger partial charge in [-0.1, -0.05) is 0 Å². The van der Waals surface area contributed by atoms with Gasteiger partial charge in [0.2, 0.25) is 31.0 Å². The molecular weight excluding hydrogens is 360 g/mol. The number of amidine groups is 1. The molecule has 0 unspecified atom stereocenters. The zero-order chi connectivity index (χ0) is 19.7. The van der Waals surface area contributed by atoms with Crippen LogP contribution in [-0.2, 0) is 0 Å². The van der Waals surface area contributed by atoms with Crippen LogP contribution in [0.2, 0.25) is 0 Å². The lowest BCUT2D eigenvalue weighted by molar-refractivity contribution is -0.904. The van der Waals surface area contributed by atoms with Gasteiger partial charge in [0.25, 0.3) is 0 Å². The highest BCUT2D eigenvalue weighted by molar-refractivity contribution is 6.32. The van der Waals surface area contributed by atoms with Crippen molar-refractivity contribution in [3.8, 4) is 23.6 Å². The number of anilines is 1. The summed E-state index contributed by atoms with van der Waals surface area (Å²) in [5, 5.41) is 39.8. The number of nitrogens with one attached hydrogen (secondary N) is 2. The molecule has 28 heavy (non-hydrogen) atoms. The van der Waals surface area contributed by atoms with Crippen molar-refractivity contribution in [1.82, 2.24) is 4.98 Å². The first-order chi connectivity index (χ1) is 13.6. The third-order valence-corrected chi connectivity index (χ3v) is 4.20. The first-order valence-electron chi connectivity index (χ1n) is 8.01. The molecule has 1 aliphatic rings. The second-order valence-corrected chi connectivity index (χ2v) is 5.79. The van der Waals surface area contributed by atoms with Crippen LogP contribution >= 0.6 is 0 Å². The number of nitriles is 2. The quantitative estimate of drug-likeness (QED) is 0.231. The molecule has 1 aliphatic heterocycles. The maximum atomic E-state index is 9.48. The second-order valence-electron chi connectivity index (χ2n) is 5.79. The largest absolute Gasteiger partial charge is 0.340 e. The molecule has 3 aromatic heterocycles. The van der Waals surface area contributed by atoms with Crippen molar-refractivity contribution < 1.29 is 19.9 Å². The number of aliphatic imine (C=N–C) groups is 2. The molecule has 0 saturated carbocycles. The molecule has 0 aromatic carbocycles. The van der Waals surface area contributed by atoms with Crippen LogP contribution in [0.15, 0.2) is 59.0 Å². The molecule has 0 bridgehead atoms. The number of hydrogen-bond acceptors (Lipinski definition) is 6. The van der Waals surface area contributed by atoms with E-state index in [9.17, 15) is 10.4 Å².